The zero-order valence-corrected chi connectivity index (χ0v) is 24.5. The number of carbonyl (C=O) groups is 1. The second-order valence-corrected chi connectivity index (χ2v) is 11.6. The van der Waals surface area contributed by atoms with Crippen LogP contribution in [0.3, 0.4) is 0 Å². The van der Waals surface area contributed by atoms with Crippen molar-refractivity contribution in [3.05, 3.63) is 64.0 Å². The lowest BCUT2D eigenvalue weighted by molar-refractivity contribution is -0.116. The summed E-state index contributed by atoms with van der Waals surface area (Å²) in [6.07, 6.45) is 5.58. The molecule has 0 atom stereocenters. The Hall–Kier alpha value is -4.03. The summed E-state index contributed by atoms with van der Waals surface area (Å²) < 4.78 is 7.56. The van der Waals surface area contributed by atoms with Crippen LogP contribution in [-0.4, -0.2) is 105 Å². The molecule has 3 aliphatic rings. The summed E-state index contributed by atoms with van der Waals surface area (Å²) in [5.74, 6) is 1.64. The number of aryl methyl sites for hydroxylation is 3. The van der Waals surface area contributed by atoms with Crippen LogP contribution in [0.1, 0.15) is 23.7 Å². The first-order valence-electron chi connectivity index (χ1n) is 14.6. The van der Waals surface area contributed by atoms with E-state index in [1.54, 1.807) is 11.6 Å². The van der Waals surface area contributed by atoms with Gasteiger partial charge in [-0.25, -0.2) is 19.7 Å². The van der Waals surface area contributed by atoms with Crippen LogP contribution in [0.15, 0.2) is 41.6 Å². The molecule has 3 fully saturated rings. The van der Waals surface area contributed by atoms with Gasteiger partial charge in [-0.05, 0) is 31.5 Å². The normalized spacial score (nSPS) is 18.8. The zero-order chi connectivity index (χ0) is 29.4. The van der Waals surface area contributed by atoms with E-state index in [1.807, 2.05) is 36.5 Å². The number of aromatic nitrogens is 4. The van der Waals surface area contributed by atoms with Crippen LogP contribution < -0.4 is 15.4 Å². The number of anilines is 2. The van der Waals surface area contributed by atoms with Gasteiger partial charge in [-0.15, -0.1) is 0 Å². The summed E-state index contributed by atoms with van der Waals surface area (Å²) in [5, 5.41) is 9.32. The Kier molecular flexibility index (Phi) is 7.58. The van der Waals surface area contributed by atoms with Gasteiger partial charge in [0.1, 0.15) is 11.4 Å². The number of rotatable bonds is 6. The first-order valence-corrected chi connectivity index (χ1v) is 14.6. The van der Waals surface area contributed by atoms with E-state index in [0.717, 1.165) is 72.9 Å². The van der Waals surface area contributed by atoms with Crippen LogP contribution in [-0.2, 0) is 24.8 Å². The molecule has 3 saturated heterocycles. The molecule has 6 rings (SSSR count). The number of hydrogen-bond acceptors (Lipinski definition) is 9. The molecule has 3 aromatic heterocycles. The molecule has 12 nitrogen and oxygen atoms in total. The molecular formula is C30H38N8O4. The molecule has 0 bridgehead atoms. The number of morpholine rings is 1. The van der Waals surface area contributed by atoms with Gasteiger partial charge >= 0.3 is 6.09 Å². The lowest BCUT2D eigenvalue weighted by Gasteiger charge is -2.53. The molecule has 3 aromatic rings. The Morgan fingerprint density at radius 1 is 1.05 bits per heavy atom. The van der Waals surface area contributed by atoms with Crippen LogP contribution >= 0.6 is 0 Å². The smallest absolute Gasteiger partial charge is 0.407 e. The van der Waals surface area contributed by atoms with Gasteiger partial charge in [0.2, 0.25) is 5.95 Å². The summed E-state index contributed by atoms with van der Waals surface area (Å²) in [4.78, 5) is 45.9. The molecular weight excluding hydrogens is 536 g/mol. The van der Waals surface area contributed by atoms with E-state index >= 15 is 0 Å². The van der Waals surface area contributed by atoms with E-state index in [0.29, 0.717) is 38.7 Å². The van der Waals surface area contributed by atoms with Crippen molar-refractivity contribution in [2.24, 2.45) is 7.05 Å². The van der Waals surface area contributed by atoms with Gasteiger partial charge in [0, 0.05) is 87.2 Å². The number of carboxylic acid groups (broad SMARTS) is 1. The van der Waals surface area contributed by atoms with Gasteiger partial charge in [0.15, 0.2) is 0 Å². The highest BCUT2D eigenvalue weighted by Gasteiger charge is 2.49. The predicted octanol–water partition coefficient (Wildman–Crippen LogP) is 2.00. The Balaban J connectivity index is 1.03. The molecule has 6 heterocycles. The highest BCUT2D eigenvalue weighted by Crippen LogP contribution is 2.32. The number of nitrogens with zero attached hydrogens (tertiary/aromatic N) is 8. The van der Waals surface area contributed by atoms with Gasteiger partial charge < -0.3 is 29.1 Å². The minimum Gasteiger partial charge on any atom is -0.465 e. The fourth-order valence-electron chi connectivity index (χ4n) is 6.20. The van der Waals surface area contributed by atoms with Crippen molar-refractivity contribution in [3.8, 4) is 11.1 Å². The fraction of sp³-hybridized carbons (Fsp3) is 0.500. The van der Waals surface area contributed by atoms with Gasteiger partial charge in [-0.2, -0.15) is 0 Å². The Morgan fingerprint density at radius 2 is 1.79 bits per heavy atom. The molecule has 42 heavy (non-hydrogen) atoms. The standard InChI is InChI=1S/C30H38N8O4/c1-4-25-24(23-13-21(2)27(39)34(3)17-23)5-6-26(33-25)36-9-7-35(8-10-36)16-22-14-31-28(32-15-22)38-19-30(20-38)18-37(29(40)41)11-12-42-30/h5-6,13-15,17H,4,7-12,16,18-20H2,1-3H3,(H,40,41). The predicted molar refractivity (Wildman–Crippen MR) is 159 cm³/mol. The van der Waals surface area contributed by atoms with Gasteiger partial charge in [0.05, 0.1) is 31.9 Å². The van der Waals surface area contributed by atoms with Crippen LogP contribution in [0, 0.1) is 6.92 Å². The molecule has 0 unspecified atom stereocenters. The summed E-state index contributed by atoms with van der Waals surface area (Å²) >= 11 is 0. The number of hydrogen-bond donors (Lipinski definition) is 1. The van der Waals surface area contributed by atoms with E-state index in [9.17, 15) is 14.7 Å². The number of piperazine rings is 1. The Labute approximate surface area is 245 Å². The van der Waals surface area contributed by atoms with Gasteiger partial charge in [-0.3, -0.25) is 9.69 Å². The van der Waals surface area contributed by atoms with Crippen LogP contribution in [0.4, 0.5) is 16.6 Å². The van der Waals surface area contributed by atoms with Crippen molar-refractivity contribution in [2.45, 2.75) is 32.4 Å². The summed E-state index contributed by atoms with van der Waals surface area (Å²) in [7, 11) is 1.79. The van der Waals surface area contributed by atoms with Crippen LogP contribution in [0.25, 0.3) is 11.1 Å². The molecule has 222 valence electrons. The number of ether oxygens (including phenoxy) is 1. The molecule has 1 spiro atoms. The zero-order valence-electron chi connectivity index (χ0n) is 24.5. The van der Waals surface area contributed by atoms with Crippen molar-refractivity contribution in [3.63, 3.8) is 0 Å². The van der Waals surface area contributed by atoms with E-state index in [-0.39, 0.29) is 5.56 Å². The molecule has 0 radical (unpaired) electrons. The third-order valence-electron chi connectivity index (χ3n) is 8.52. The lowest BCUT2D eigenvalue weighted by Crippen LogP contribution is -2.71. The topological polar surface area (TPSA) is 120 Å². The average molecular weight is 575 g/mol. The number of amides is 1. The second-order valence-electron chi connectivity index (χ2n) is 11.6. The molecule has 0 aliphatic carbocycles. The molecule has 1 N–H and O–H groups in total. The van der Waals surface area contributed by atoms with Crippen LogP contribution in [0.2, 0.25) is 0 Å². The van der Waals surface area contributed by atoms with Crippen molar-refractivity contribution < 1.29 is 14.6 Å². The van der Waals surface area contributed by atoms with E-state index < -0.39 is 11.7 Å². The maximum Gasteiger partial charge on any atom is 0.407 e. The van der Waals surface area contributed by atoms with E-state index in [2.05, 4.69) is 38.8 Å². The monoisotopic (exact) mass is 574 g/mol. The summed E-state index contributed by atoms with van der Waals surface area (Å²) in [5.41, 5.74) is 4.49. The first-order chi connectivity index (χ1) is 20.2. The lowest BCUT2D eigenvalue weighted by atomic mass is 9.92. The minimum atomic E-state index is -0.898. The van der Waals surface area contributed by atoms with Crippen molar-refractivity contribution in [1.29, 1.82) is 0 Å². The van der Waals surface area contributed by atoms with Crippen molar-refractivity contribution in [1.82, 2.24) is 29.3 Å². The van der Waals surface area contributed by atoms with Crippen molar-refractivity contribution >= 4 is 17.9 Å². The molecule has 1 amide bonds. The maximum atomic E-state index is 12.2. The highest BCUT2D eigenvalue weighted by molar-refractivity contribution is 5.67. The minimum absolute atomic E-state index is 0.0244. The summed E-state index contributed by atoms with van der Waals surface area (Å²) in [6, 6.07) is 6.18. The number of pyridine rings is 2. The third-order valence-corrected chi connectivity index (χ3v) is 8.52. The van der Waals surface area contributed by atoms with E-state index in [1.165, 1.54) is 4.90 Å². The Bertz CT molecular complexity index is 1480. The van der Waals surface area contributed by atoms with Gasteiger partial charge in [-0.1, -0.05) is 6.92 Å². The summed E-state index contributed by atoms with van der Waals surface area (Å²) in [6.45, 7) is 10.8. The maximum absolute atomic E-state index is 12.2. The second kappa shape index (κ2) is 11.3. The van der Waals surface area contributed by atoms with E-state index in [4.69, 9.17) is 9.72 Å². The van der Waals surface area contributed by atoms with Gasteiger partial charge in [0.25, 0.3) is 5.56 Å². The van der Waals surface area contributed by atoms with Crippen molar-refractivity contribution in [2.75, 3.05) is 68.8 Å². The molecule has 3 aliphatic heterocycles. The molecule has 12 heteroatoms. The molecule has 0 aromatic carbocycles. The average Bonchev–Trinajstić information content (AvgIpc) is 2.99. The third kappa shape index (κ3) is 5.56. The largest absolute Gasteiger partial charge is 0.465 e. The van der Waals surface area contributed by atoms with Crippen LogP contribution in [0.5, 0.6) is 0 Å². The highest BCUT2D eigenvalue weighted by atomic mass is 16.5. The first kappa shape index (κ1) is 28.1. The Morgan fingerprint density at radius 3 is 2.45 bits per heavy atom. The fourth-order valence-corrected chi connectivity index (χ4v) is 6.20. The molecule has 0 saturated carbocycles. The quantitative estimate of drug-likeness (QED) is 0.468. The SMILES string of the molecule is CCc1nc(N2CCN(Cc3cnc(N4CC5(CN(C(=O)O)CCO5)C4)nc3)CC2)ccc1-c1cc(C)c(=O)n(C)c1.